The van der Waals surface area contributed by atoms with Crippen LogP contribution in [-0.2, 0) is 14.4 Å². The van der Waals surface area contributed by atoms with E-state index >= 15 is 0 Å². The number of carboxylic acid groups (broad SMARTS) is 3. The van der Waals surface area contributed by atoms with Crippen molar-refractivity contribution in [3.63, 3.8) is 0 Å². The van der Waals surface area contributed by atoms with Gasteiger partial charge in [0.1, 0.15) is 0 Å². The number of carbonyl (C=O) groups is 3. The zero-order chi connectivity index (χ0) is 14.0. The Morgan fingerprint density at radius 1 is 1.18 bits per heavy atom. The maximum Gasteiger partial charge on any atom is 0.328 e. The Bertz CT molecular complexity index is 306. The summed E-state index contributed by atoms with van der Waals surface area (Å²) in [5.74, 6) is -3.52. The summed E-state index contributed by atoms with van der Waals surface area (Å²) in [6.45, 7) is 1.08. The molecule has 1 atom stereocenters. The van der Waals surface area contributed by atoms with E-state index in [9.17, 15) is 9.59 Å². The molecule has 0 amide bonds. The third-order valence-electron chi connectivity index (χ3n) is 1.22. The van der Waals surface area contributed by atoms with Crippen molar-refractivity contribution >= 4 is 23.9 Å². The Morgan fingerprint density at radius 3 is 1.82 bits per heavy atom. The number of hydrogen-bond donors (Lipinski definition) is 5. The molecule has 0 aromatic rings. The van der Waals surface area contributed by atoms with Gasteiger partial charge in [-0.3, -0.25) is 9.59 Å². The molecule has 7 N–H and O–H groups in total. The molecule has 0 saturated carbocycles. The summed E-state index contributed by atoms with van der Waals surface area (Å²) in [6.07, 6.45) is -0.406. The monoisotopic (exact) mass is 249 g/mol. The zero-order valence-electron chi connectivity index (χ0n) is 9.16. The summed E-state index contributed by atoms with van der Waals surface area (Å²) < 4.78 is 0. The highest BCUT2D eigenvalue weighted by atomic mass is 16.4. The van der Waals surface area contributed by atoms with Gasteiger partial charge in [-0.05, 0) is 6.42 Å². The van der Waals surface area contributed by atoms with Crippen molar-refractivity contribution in [2.75, 3.05) is 0 Å². The molecule has 9 heteroatoms. The Hall–Kier alpha value is -2.32. The minimum atomic E-state index is -1.24. The van der Waals surface area contributed by atoms with Crippen LogP contribution in [0.1, 0.15) is 19.8 Å². The largest absolute Gasteiger partial charge is 0.481 e. The van der Waals surface area contributed by atoms with Crippen molar-refractivity contribution in [1.29, 1.82) is 0 Å². The molecule has 0 aliphatic heterocycles. The lowest BCUT2D eigenvalue weighted by Crippen LogP contribution is -2.29. The van der Waals surface area contributed by atoms with Crippen molar-refractivity contribution in [3.05, 3.63) is 0 Å². The quantitative estimate of drug-likeness (QED) is 0.294. The van der Waals surface area contributed by atoms with Gasteiger partial charge in [0.05, 0.1) is 0 Å². The lowest BCUT2D eigenvalue weighted by molar-refractivity contribution is -0.140. The van der Waals surface area contributed by atoms with E-state index < -0.39 is 23.9 Å². The van der Waals surface area contributed by atoms with Gasteiger partial charge in [0.25, 0.3) is 5.97 Å². The highest BCUT2D eigenvalue weighted by Gasteiger charge is 2.17. The zero-order valence-corrected chi connectivity index (χ0v) is 9.16. The first-order chi connectivity index (χ1) is 7.66. The molecule has 0 aromatic carbocycles. The molecule has 0 aliphatic rings. The van der Waals surface area contributed by atoms with Gasteiger partial charge >= 0.3 is 11.9 Å². The number of rotatable bonds is 5. The number of nitrogens with two attached hydrogens (primary N) is 2. The predicted octanol–water partition coefficient (Wildman–Crippen LogP) is -1.33. The van der Waals surface area contributed by atoms with E-state index in [2.05, 4.69) is 4.99 Å². The van der Waals surface area contributed by atoms with E-state index in [0.717, 1.165) is 6.92 Å². The highest BCUT2D eigenvalue weighted by Crippen LogP contribution is 2.02. The average molecular weight is 249 g/mol. The van der Waals surface area contributed by atoms with E-state index in [0.29, 0.717) is 0 Å². The van der Waals surface area contributed by atoms with Crippen molar-refractivity contribution < 1.29 is 29.7 Å². The van der Waals surface area contributed by atoms with Crippen LogP contribution in [-0.4, -0.2) is 45.2 Å². The fraction of sp³-hybridized carbons (Fsp3) is 0.500. The van der Waals surface area contributed by atoms with Crippen molar-refractivity contribution in [2.24, 2.45) is 16.5 Å². The van der Waals surface area contributed by atoms with Gasteiger partial charge in [0.2, 0.25) is 0 Å². The fourth-order valence-electron chi connectivity index (χ4n) is 0.683. The molecular weight excluding hydrogens is 234 g/mol. The molecule has 0 saturated heterocycles. The molecular formula is C8H15N3O6. The van der Waals surface area contributed by atoms with Crippen LogP contribution in [0.4, 0.5) is 0 Å². The SMILES string of the molecule is CC(=O)O.NC(N)=N[C@H](CCC(=O)O)C(=O)O. The standard InChI is InChI=1S/C6H11N3O4.C2H4O2/c7-6(8)9-3(5(12)13)1-2-4(10)11;1-2(3)4/h3H,1-2H2,(H,10,11)(H,12,13)(H4,7,8,9);1H3,(H,3,4)/t3-;/m1./s1. The van der Waals surface area contributed by atoms with Crippen LogP contribution in [0.5, 0.6) is 0 Å². The van der Waals surface area contributed by atoms with Gasteiger partial charge in [-0.25, -0.2) is 9.79 Å². The maximum absolute atomic E-state index is 10.4. The number of carboxylic acids is 3. The molecule has 0 heterocycles. The number of nitrogens with zero attached hydrogens (tertiary/aromatic N) is 1. The number of aliphatic imine (C=N–C) groups is 1. The maximum atomic E-state index is 10.4. The van der Waals surface area contributed by atoms with E-state index in [-0.39, 0.29) is 18.8 Å². The number of hydrogen-bond acceptors (Lipinski definition) is 4. The summed E-state index contributed by atoms with van der Waals surface area (Å²) in [5.41, 5.74) is 9.91. The summed E-state index contributed by atoms with van der Waals surface area (Å²) in [5, 5.41) is 24.2. The summed E-state index contributed by atoms with van der Waals surface area (Å²) in [7, 11) is 0. The van der Waals surface area contributed by atoms with Gasteiger partial charge in [0.15, 0.2) is 12.0 Å². The molecule has 17 heavy (non-hydrogen) atoms. The molecule has 0 aromatic heterocycles. The van der Waals surface area contributed by atoms with Crippen LogP contribution in [0.3, 0.4) is 0 Å². The minimum Gasteiger partial charge on any atom is -0.481 e. The van der Waals surface area contributed by atoms with E-state index in [1.807, 2.05) is 0 Å². The van der Waals surface area contributed by atoms with Crippen LogP contribution in [0.25, 0.3) is 0 Å². The second-order valence-corrected chi connectivity index (χ2v) is 2.86. The van der Waals surface area contributed by atoms with E-state index in [1.54, 1.807) is 0 Å². The van der Waals surface area contributed by atoms with Crippen molar-refractivity contribution in [3.8, 4) is 0 Å². The highest BCUT2D eigenvalue weighted by molar-refractivity contribution is 5.82. The van der Waals surface area contributed by atoms with Gasteiger partial charge in [0, 0.05) is 13.3 Å². The summed E-state index contributed by atoms with van der Waals surface area (Å²) >= 11 is 0. The van der Waals surface area contributed by atoms with Gasteiger partial charge in [-0.15, -0.1) is 0 Å². The Kier molecular flexibility index (Phi) is 8.99. The normalized spacial score (nSPS) is 10.4. The predicted molar refractivity (Wildman–Crippen MR) is 57.4 cm³/mol. The van der Waals surface area contributed by atoms with E-state index in [1.165, 1.54) is 0 Å². The van der Waals surface area contributed by atoms with Gasteiger partial charge < -0.3 is 26.8 Å². The number of guanidine groups is 1. The molecule has 0 rings (SSSR count). The van der Waals surface area contributed by atoms with Gasteiger partial charge in [-0.1, -0.05) is 0 Å². The van der Waals surface area contributed by atoms with Crippen LogP contribution in [0, 0.1) is 0 Å². The number of aliphatic carboxylic acids is 3. The second-order valence-electron chi connectivity index (χ2n) is 2.86. The molecule has 9 nitrogen and oxygen atoms in total. The molecule has 98 valence electrons. The first kappa shape index (κ1) is 17.1. The summed E-state index contributed by atoms with van der Waals surface area (Å²) in [4.78, 5) is 32.9. The fourth-order valence-corrected chi connectivity index (χ4v) is 0.683. The lowest BCUT2D eigenvalue weighted by atomic mass is 10.2. The summed E-state index contributed by atoms with van der Waals surface area (Å²) in [6, 6.07) is -1.18. The topological polar surface area (TPSA) is 176 Å². The Morgan fingerprint density at radius 2 is 1.59 bits per heavy atom. The van der Waals surface area contributed by atoms with Crippen LogP contribution in [0.2, 0.25) is 0 Å². The third-order valence-corrected chi connectivity index (χ3v) is 1.22. The van der Waals surface area contributed by atoms with E-state index in [4.69, 9.17) is 31.6 Å². The first-order valence-corrected chi connectivity index (χ1v) is 4.39. The molecule has 0 bridgehead atoms. The molecule has 0 fully saturated rings. The molecule has 0 aliphatic carbocycles. The van der Waals surface area contributed by atoms with Crippen molar-refractivity contribution in [1.82, 2.24) is 0 Å². The first-order valence-electron chi connectivity index (χ1n) is 4.39. The smallest absolute Gasteiger partial charge is 0.328 e. The molecule has 0 radical (unpaired) electrons. The average Bonchev–Trinajstić information content (AvgIpc) is 2.09. The molecule has 0 spiro atoms. The second kappa shape index (κ2) is 8.95. The van der Waals surface area contributed by atoms with Crippen molar-refractivity contribution in [2.45, 2.75) is 25.8 Å². The van der Waals surface area contributed by atoms with Crippen LogP contribution in [0.15, 0.2) is 4.99 Å². The Labute approximate surface area is 96.7 Å². The van der Waals surface area contributed by atoms with Gasteiger partial charge in [-0.2, -0.15) is 0 Å². The minimum absolute atomic E-state index is 0.122. The third kappa shape index (κ3) is 16.4. The van der Waals surface area contributed by atoms with Crippen LogP contribution >= 0.6 is 0 Å². The molecule has 0 unspecified atom stereocenters. The lowest BCUT2D eigenvalue weighted by Gasteiger charge is -2.04. The van der Waals surface area contributed by atoms with Crippen LogP contribution < -0.4 is 11.5 Å². The Balaban J connectivity index is 0.